The molecule has 0 saturated heterocycles. The Morgan fingerprint density at radius 2 is 1.86 bits per heavy atom. The zero-order valence-corrected chi connectivity index (χ0v) is 11.4. The van der Waals surface area contributed by atoms with Gasteiger partial charge in [0.1, 0.15) is 5.69 Å². The second-order valence-corrected chi connectivity index (χ2v) is 4.68. The van der Waals surface area contributed by atoms with Gasteiger partial charge in [-0.3, -0.25) is 4.79 Å². The van der Waals surface area contributed by atoms with E-state index in [0.717, 1.165) is 11.8 Å². The maximum Gasteiger partial charge on any atom is 0.248 e. The molecule has 0 aliphatic carbocycles. The number of nitrogens with zero attached hydrogens (tertiary/aromatic N) is 2. The minimum Gasteiger partial charge on any atom is -0.322 e. The summed E-state index contributed by atoms with van der Waals surface area (Å²) >= 11 is 5.71. The lowest BCUT2D eigenvalue weighted by molar-refractivity contribution is 0.618. The van der Waals surface area contributed by atoms with Gasteiger partial charge in [-0.1, -0.05) is 24.3 Å². The fourth-order valence-electron chi connectivity index (χ4n) is 2.00. The first kappa shape index (κ1) is 13.5. The third-order valence-electron chi connectivity index (χ3n) is 2.93. The molecule has 21 heavy (non-hydrogen) atoms. The molecule has 0 saturated carbocycles. The van der Waals surface area contributed by atoms with Crippen LogP contribution in [0.15, 0.2) is 53.5 Å². The largest absolute Gasteiger partial charge is 0.322 e. The molecule has 0 aliphatic rings. The zero-order chi connectivity index (χ0) is 14.8. The summed E-state index contributed by atoms with van der Waals surface area (Å²) in [5.74, 6) is -0.557. The Morgan fingerprint density at radius 1 is 1.10 bits per heavy atom. The molecule has 0 radical (unpaired) electrons. The Labute approximate surface area is 124 Å². The third kappa shape index (κ3) is 2.83. The lowest BCUT2D eigenvalue weighted by Crippen LogP contribution is -2.03. The van der Waals surface area contributed by atoms with Gasteiger partial charge >= 0.3 is 0 Å². The molecular formula is C15H9ClFN3O. The van der Waals surface area contributed by atoms with Gasteiger partial charge < -0.3 is 4.98 Å². The van der Waals surface area contributed by atoms with E-state index in [1.54, 1.807) is 30.3 Å². The second kappa shape index (κ2) is 5.46. The number of hydrogen-bond donors (Lipinski definition) is 1. The minimum absolute atomic E-state index is 0.0232. The highest BCUT2D eigenvalue weighted by atomic mass is 35.5. The highest BCUT2D eigenvalue weighted by Gasteiger charge is 2.10. The van der Waals surface area contributed by atoms with E-state index in [0.29, 0.717) is 11.3 Å². The van der Waals surface area contributed by atoms with E-state index in [4.69, 9.17) is 11.6 Å². The Kier molecular flexibility index (Phi) is 3.50. The molecular weight excluding hydrogens is 293 g/mol. The van der Waals surface area contributed by atoms with Crippen LogP contribution in [-0.2, 0) is 0 Å². The van der Waals surface area contributed by atoms with Crippen LogP contribution in [0.1, 0.15) is 0 Å². The topological polar surface area (TPSA) is 58.6 Å². The smallest absolute Gasteiger partial charge is 0.248 e. The molecule has 1 aromatic carbocycles. The van der Waals surface area contributed by atoms with Crippen molar-refractivity contribution in [2.45, 2.75) is 0 Å². The quantitative estimate of drug-likeness (QED) is 0.739. The van der Waals surface area contributed by atoms with Crippen LogP contribution in [-0.4, -0.2) is 15.0 Å². The molecule has 0 atom stereocenters. The van der Waals surface area contributed by atoms with Gasteiger partial charge in [0.2, 0.25) is 10.8 Å². The predicted molar refractivity (Wildman–Crippen MR) is 78.5 cm³/mol. The summed E-state index contributed by atoms with van der Waals surface area (Å²) in [6.45, 7) is 0. The van der Waals surface area contributed by atoms with Crippen molar-refractivity contribution in [1.29, 1.82) is 0 Å². The number of rotatable bonds is 2. The van der Waals surface area contributed by atoms with Gasteiger partial charge in [-0.25, -0.2) is 14.4 Å². The van der Waals surface area contributed by atoms with Gasteiger partial charge in [-0.05, 0) is 29.3 Å². The molecule has 0 spiro atoms. The Morgan fingerprint density at radius 3 is 2.67 bits per heavy atom. The van der Waals surface area contributed by atoms with E-state index >= 15 is 0 Å². The number of halogens is 2. The number of hydrogen-bond acceptors (Lipinski definition) is 3. The van der Waals surface area contributed by atoms with E-state index in [-0.39, 0.29) is 16.5 Å². The number of nitrogens with one attached hydrogen (secondary N) is 1. The third-order valence-corrected chi connectivity index (χ3v) is 3.11. The summed E-state index contributed by atoms with van der Waals surface area (Å²) in [6.07, 6.45) is 1.03. The molecule has 3 rings (SSSR count). The summed E-state index contributed by atoms with van der Waals surface area (Å²) in [5, 5.41) is -0.0232. The lowest BCUT2D eigenvalue weighted by atomic mass is 10.1. The summed E-state index contributed by atoms with van der Waals surface area (Å²) in [4.78, 5) is 21.6. The maximum atomic E-state index is 13.8. The van der Waals surface area contributed by atoms with Crippen LogP contribution >= 0.6 is 11.6 Å². The van der Waals surface area contributed by atoms with Crippen LogP contribution in [0.3, 0.4) is 0 Å². The number of benzene rings is 1. The average molecular weight is 302 g/mol. The van der Waals surface area contributed by atoms with E-state index < -0.39 is 5.82 Å². The first-order valence-corrected chi connectivity index (χ1v) is 6.49. The van der Waals surface area contributed by atoms with E-state index in [2.05, 4.69) is 15.0 Å². The summed E-state index contributed by atoms with van der Waals surface area (Å²) in [5.41, 5.74) is 1.87. The molecule has 6 heteroatoms. The van der Waals surface area contributed by atoms with E-state index in [1.807, 2.05) is 6.07 Å². The van der Waals surface area contributed by atoms with Gasteiger partial charge in [-0.15, -0.1) is 0 Å². The molecule has 2 heterocycles. The molecule has 0 bridgehead atoms. The Hall–Kier alpha value is -2.53. The zero-order valence-electron chi connectivity index (χ0n) is 10.7. The number of pyridine rings is 1. The van der Waals surface area contributed by atoms with Crippen molar-refractivity contribution in [1.82, 2.24) is 15.0 Å². The lowest BCUT2D eigenvalue weighted by Gasteiger charge is -2.06. The number of aromatic nitrogens is 3. The average Bonchev–Trinajstić information content (AvgIpc) is 2.50. The summed E-state index contributed by atoms with van der Waals surface area (Å²) < 4.78 is 13.8. The fraction of sp³-hybridized carbons (Fsp3) is 0. The van der Waals surface area contributed by atoms with Crippen LogP contribution in [0, 0.1) is 5.82 Å². The van der Waals surface area contributed by atoms with Crippen LogP contribution in [0.2, 0.25) is 5.28 Å². The van der Waals surface area contributed by atoms with Crippen molar-refractivity contribution < 1.29 is 4.39 Å². The fourth-order valence-corrected chi connectivity index (χ4v) is 2.13. The highest BCUT2D eigenvalue weighted by molar-refractivity contribution is 6.28. The van der Waals surface area contributed by atoms with Crippen LogP contribution < -0.4 is 5.56 Å². The first-order valence-electron chi connectivity index (χ1n) is 6.12. The normalized spacial score (nSPS) is 10.6. The predicted octanol–water partition coefficient (Wildman–Crippen LogP) is 3.29. The molecule has 3 aromatic rings. The summed E-state index contributed by atoms with van der Waals surface area (Å²) in [7, 11) is 0. The molecule has 0 fully saturated rings. The standard InChI is InChI=1S/C15H9ClFN3O/c16-15-18-8-11(17)14(20-15)10-4-1-3-9(7-10)12-5-2-6-13(21)19-12/h1-8H,(H,19,21). The van der Waals surface area contributed by atoms with Gasteiger partial charge in [0.15, 0.2) is 5.82 Å². The number of H-pyrrole nitrogens is 1. The van der Waals surface area contributed by atoms with Crippen LogP contribution in [0.4, 0.5) is 4.39 Å². The van der Waals surface area contributed by atoms with Crippen LogP contribution in [0.25, 0.3) is 22.5 Å². The van der Waals surface area contributed by atoms with Crippen LogP contribution in [0.5, 0.6) is 0 Å². The molecule has 2 aromatic heterocycles. The first-order chi connectivity index (χ1) is 10.1. The molecule has 1 N–H and O–H groups in total. The minimum atomic E-state index is -0.557. The van der Waals surface area contributed by atoms with E-state index in [1.165, 1.54) is 6.07 Å². The second-order valence-electron chi connectivity index (χ2n) is 4.35. The van der Waals surface area contributed by atoms with Crippen molar-refractivity contribution in [3.05, 3.63) is 70.1 Å². The molecule has 0 amide bonds. The van der Waals surface area contributed by atoms with Crippen molar-refractivity contribution >= 4 is 11.6 Å². The SMILES string of the molecule is O=c1cccc(-c2cccc(-c3nc(Cl)ncc3F)c2)[nH]1. The summed E-state index contributed by atoms with van der Waals surface area (Å²) in [6, 6.07) is 11.9. The Bertz CT molecular complexity index is 863. The van der Waals surface area contributed by atoms with Gasteiger partial charge in [0.05, 0.1) is 6.20 Å². The highest BCUT2D eigenvalue weighted by Crippen LogP contribution is 2.25. The molecule has 0 unspecified atom stereocenters. The van der Waals surface area contributed by atoms with Crippen molar-refractivity contribution in [2.75, 3.05) is 0 Å². The van der Waals surface area contributed by atoms with Gasteiger partial charge in [-0.2, -0.15) is 0 Å². The van der Waals surface area contributed by atoms with Crippen molar-refractivity contribution in [3.63, 3.8) is 0 Å². The van der Waals surface area contributed by atoms with Gasteiger partial charge in [0.25, 0.3) is 0 Å². The molecule has 0 aliphatic heterocycles. The molecule has 104 valence electrons. The number of aromatic amines is 1. The maximum absolute atomic E-state index is 13.8. The molecule has 4 nitrogen and oxygen atoms in total. The van der Waals surface area contributed by atoms with Crippen molar-refractivity contribution in [2.24, 2.45) is 0 Å². The van der Waals surface area contributed by atoms with E-state index in [9.17, 15) is 9.18 Å². The Balaban J connectivity index is 2.12. The van der Waals surface area contributed by atoms with Crippen molar-refractivity contribution in [3.8, 4) is 22.5 Å². The van der Waals surface area contributed by atoms with Gasteiger partial charge in [0, 0.05) is 17.3 Å². The monoisotopic (exact) mass is 301 g/mol.